The highest BCUT2D eigenvalue weighted by molar-refractivity contribution is 7.80. The normalized spacial score (nSPS) is 17.2. The number of carboxylic acid groups (broad SMARTS) is 1. The third-order valence-electron chi connectivity index (χ3n) is 13.5. The molecule has 0 aliphatic carbocycles. The van der Waals surface area contributed by atoms with Gasteiger partial charge in [-0.25, -0.2) is 4.79 Å². The first kappa shape index (κ1) is 66.9. The van der Waals surface area contributed by atoms with Gasteiger partial charge in [-0.3, -0.25) is 47.9 Å². The number of likely N-dealkylation sites (tertiary alicyclic amines) is 1. The lowest BCUT2D eigenvalue weighted by atomic mass is 9.99. The zero-order valence-corrected chi connectivity index (χ0v) is 48.5. The largest absolute Gasteiger partial charge is 0.480 e. The molecule has 0 bridgehead atoms. The lowest BCUT2D eigenvalue weighted by molar-refractivity contribution is -0.143. The first-order valence-corrected chi connectivity index (χ1v) is 28.2. The van der Waals surface area contributed by atoms with E-state index in [1.54, 1.807) is 54.7 Å². The lowest BCUT2D eigenvalue weighted by Gasteiger charge is -2.31. The molecule has 10 amide bonds. The van der Waals surface area contributed by atoms with Crippen molar-refractivity contribution in [3.8, 4) is 0 Å². The monoisotopic (exact) mass is 1140 g/mol. The number of amides is 10. The molecule has 1 aromatic heterocycles. The summed E-state index contributed by atoms with van der Waals surface area (Å²) < 4.78 is 0. The molecule has 2 aromatic rings. The summed E-state index contributed by atoms with van der Waals surface area (Å²) in [4.78, 5) is 153. The summed E-state index contributed by atoms with van der Waals surface area (Å²) in [6.07, 6.45) is 2.39. The Bertz CT molecular complexity index is 2470. The van der Waals surface area contributed by atoms with Gasteiger partial charge in [0, 0.05) is 41.6 Å². The molecule has 0 unspecified atom stereocenters. The SMILES string of the molecule is CC[C@H](C)[C@H](N)C(=O)N[C@@H](CS)C(=O)N[C@@H](C)C(=O)N[C@@H](Cc1c[nH]c2ccccc12)C(=O)N1CCC[C@H]1C(=O)N[C@@H](CC(C)C)C(=O)N[C@@H](CS)C(=O)N[C@@H](CC(N)=O)C(=O)N[C@@H](CC(C)C)C(=O)N[C@@H](CC(C)C)C(=O)O. The number of aliphatic carboxylic acids is 1. The number of hydrogen-bond acceptors (Lipinski definition) is 14. The predicted octanol–water partition coefficient (Wildman–Crippen LogP) is -0.0690. The quantitative estimate of drug-likeness (QED) is 0.0428. The number of carboxylic acids is 1. The van der Waals surface area contributed by atoms with Crippen molar-refractivity contribution >= 4 is 101 Å². The number of rotatable bonds is 32. The molecule has 1 fully saturated rings. The van der Waals surface area contributed by atoms with E-state index in [2.05, 4.69) is 72.8 Å². The number of para-hydroxylation sites is 1. The minimum absolute atomic E-state index is 0.0318. The molecule has 26 heteroatoms. The zero-order valence-electron chi connectivity index (χ0n) is 46.7. The second kappa shape index (κ2) is 32.0. The van der Waals surface area contributed by atoms with Gasteiger partial charge in [-0.2, -0.15) is 25.3 Å². The molecular weight excluding hydrogens is 1060 g/mol. The molecule has 0 spiro atoms. The predicted molar refractivity (Wildman–Crippen MR) is 303 cm³/mol. The van der Waals surface area contributed by atoms with Crippen molar-refractivity contribution in [3.63, 3.8) is 0 Å². The van der Waals surface area contributed by atoms with Gasteiger partial charge >= 0.3 is 5.97 Å². The minimum Gasteiger partial charge on any atom is -0.480 e. The molecule has 2 heterocycles. The number of aromatic amines is 1. The summed E-state index contributed by atoms with van der Waals surface area (Å²) in [7, 11) is 0. The fourth-order valence-corrected chi connectivity index (χ4v) is 9.45. The molecule has 79 heavy (non-hydrogen) atoms. The number of fused-ring (bicyclic) bond motifs is 1. The summed E-state index contributed by atoms with van der Waals surface area (Å²) in [5.41, 5.74) is 13.0. The summed E-state index contributed by atoms with van der Waals surface area (Å²) in [6.45, 7) is 15.9. The van der Waals surface area contributed by atoms with Gasteiger partial charge in [-0.1, -0.05) is 80.0 Å². The summed E-state index contributed by atoms with van der Waals surface area (Å²) in [6, 6.07) is -5.17. The van der Waals surface area contributed by atoms with Crippen LogP contribution in [0.15, 0.2) is 30.5 Å². The number of carbonyl (C=O) groups excluding carboxylic acids is 10. The molecule has 1 aliphatic rings. The van der Waals surface area contributed by atoms with E-state index in [1.165, 1.54) is 11.8 Å². The van der Waals surface area contributed by atoms with Crippen molar-refractivity contribution in [1.82, 2.24) is 52.4 Å². The van der Waals surface area contributed by atoms with Crippen molar-refractivity contribution in [3.05, 3.63) is 36.0 Å². The van der Waals surface area contributed by atoms with Gasteiger partial charge in [0.05, 0.1) is 12.5 Å². The number of hydrogen-bond donors (Lipinski definition) is 14. The fraction of sp³-hybridized carbons (Fsp3) is 0.642. The van der Waals surface area contributed by atoms with Gasteiger partial charge in [0.25, 0.3) is 0 Å². The van der Waals surface area contributed by atoms with Gasteiger partial charge in [-0.05, 0) is 74.3 Å². The lowest BCUT2D eigenvalue weighted by Crippen LogP contribution is -2.61. The molecule has 0 saturated carbocycles. The third-order valence-corrected chi connectivity index (χ3v) is 14.3. The first-order valence-electron chi connectivity index (χ1n) is 26.9. The van der Waals surface area contributed by atoms with Crippen molar-refractivity contribution in [1.29, 1.82) is 0 Å². The Balaban J connectivity index is 1.83. The van der Waals surface area contributed by atoms with Crippen molar-refractivity contribution in [2.24, 2.45) is 35.1 Å². The van der Waals surface area contributed by atoms with Gasteiger partial charge in [0.1, 0.15) is 54.4 Å². The van der Waals surface area contributed by atoms with Crippen LogP contribution in [0.4, 0.5) is 0 Å². The maximum absolute atomic E-state index is 14.8. The Morgan fingerprint density at radius 1 is 0.633 bits per heavy atom. The second-order valence-corrected chi connectivity index (χ2v) is 22.3. The number of carbonyl (C=O) groups is 11. The third kappa shape index (κ3) is 20.6. The highest BCUT2D eigenvalue weighted by Crippen LogP contribution is 2.24. The van der Waals surface area contributed by atoms with Crippen LogP contribution >= 0.6 is 25.3 Å². The van der Waals surface area contributed by atoms with E-state index in [0.717, 1.165) is 10.9 Å². The number of nitrogens with two attached hydrogens (primary N) is 2. The van der Waals surface area contributed by atoms with Gasteiger partial charge in [0.2, 0.25) is 59.1 Å². The van der Waals surface area contributed by atoms with Crippen molar-refractivity contribution < 1.29 is 57.8 Å². The Morgan fingerprint density at radius 2 is 1.10 bits per heavy atom. The maximum atomic E-state index is 14.8. The molecule has 24 nitrogen and oxygen atoms in total. The van der Waals surface area contributed by atoms with Crippen LogP contribution in [0.25, 0.3) is 10.9 Å². The van der Waals surface area contributed by atoms with Crippen LogP contribution in [0.2, 0.25) is 0 Å². The van der Waals surface area contributed by atoms with E-state index >= 15 is 0 Å². The summed E-state index contributed by atoms with van der Waals surface area (Å²) in [5.74, 6) is -10.2. The van der Waals surface area contributed by atoms with Crippen LogP contribution in [-0.2, 0) is 59.2 Å². The number of primary amides is 1. The highest BCUT2D eigenvalue weighted by atomic mass is 32.1. The fourth-order valence-electron chi connectivity index (χ4n) is 8.93. The van der Waals surface area contributed by atoms with E-state index in [0.29, 0.717) is 18.4 Å². The topological polar surface area (TPSA) is 375 Å². The number of nitrogens with zero attached hydrogens (tertiary/aromatic N) is 1. The van der Waals surface area contributed by atoms with E-state index in [9.17, 15) is 57.8 Å². The highest BCUT2D eigenvalue weighted by Gasteiger charge is 2.41. The summed E-state index contributed by atoms with van der Waals surface area (Å²) >= 11 is 8.50. The van der Waals surface area contributed by atoms with E-state index in [-0.39, 0.29) is 73.8 Å². The van der Waals surface area contributed by atoms with Crippen molar-refractivity contribution in [2.75, 3.05) is 18.1 Å². The molecule has 11 atom stereocenters. The van der Waals surface area contributed by atoms with E-state index < -0.39 is 132 Å². The molecule has 440 valence electrons. The van der Waals surface area contributed by atoms with Crippen molar-refractivity contribution in [2.45, 2.75) is 174 Å². The van der Waals surface area contributed by atoms with E-state index in [1.807, 2.05) is 31.2 Å². The first-order chi connectivity index (χ1) is 37.1. The molecule has 1 saturated heterocycles. The molecule has 3 rings (SSSR count). The maximum Gasteiger partial charge on any atom is 0.326 e. The Hall–Kier alpha value is -6.41. The minimum atomic E-state index is -1.65. The number of H-pyrrole nitrogens is 1. The Labute approximate surface area is 472 Å². The molecular formula is C53H84N12O12S2. The van der Waals surface area contributed by atoms with Crippen LogP contribution in [0.1, 0.15) is 113 Å². The molecule has 1 aromatic carbocycles. The number of nitrogens with one attached hydrogen (secondary N) is 9. The van der Waals surface area contributed by atoms with Crippen LogP contribution in [0.3, 0.4) is 0 Å². The van der Waals surface area contributed by atoms with Crippen LogP contribution in [0.5, 0.6) is 0 Å². The molecule has 1 aliphatic heterocycles. The summed E-state index contributed by atoms with van der Waals surface area (Å²) in [5, 5.41) is 31.2. The van der Waals surface area contributed by atoms with Gasteiger partial charge in [-0.15, -0.1) is 0 Å². The molecule has 14 N–H and O–H groups in total. The Kier molecular flexibility index (Phi) is 27.1. The van der Waals surface area contributed by atoms with Crippen LogP contribution < -0.4 is 54.0 Å². The zero-order chi connectivity index (χ0) is 59.4. The number of benzene rings is 1. The smallest absolute Gasteiger partial charge is 0.326 e. The average Bonchev–Trinajstić information content (AvgIpc) is 4.05. The number of aromatic nitrogens is 1. The Morgan fingerprint density at radius 3 is 1.65 bits per heavy atom. The second-order valence-electron chi connectivity index (χ2n) is 21.6. The molecule has 0 radical (unpaired) electrons. The standard InChI is InChI=1S/C53H84N12O12S2/c1-10-29(8)43(55)51(74)64-39(24-78)48(71)57-30(9)44(67)61-37(21-31-23-56-33-15-12-11-14-32(31)33)52(75)65-17-13-16-41(65)50(73)60-35(19-27(4)5)46(69)63-40(25-79)49(72)59-36(22-42(54)66)47(70)58-34(18-26(2)3)45(68)62-38(53(76)77)20-28(6)7/h11-12,14-15,23,26-30,34-41,43,56,78-79H,10,13,16-22,24-25,55H2,1-9H3,(H2,54,66)(H,57,71)(H,58,70)(H,59,72)(H,60,73)(H,61,67)(H,62,68)(H,63,69)(H,64,74)(H,76,77)/t29-,30-,34-,35-,36-,37-,38-,39-,40-,41-,43-/m0/s1. The van der Waals surface area contributed by atoms with Gasteiger partial charge < -0.3 is 69.0 Å². The van der Waals surface area contributed by atoms with E-state index in [4.69, 9.17) is 11.5 Å². The van der Waals surface area contributed by atoms with Crippen LogP contribution in [-0.4, -0.2) is 159 Å². The van der Waals surface area contributed by atoms with Crippen LogP contribution in [0, 0.1) is 23.7 Å². The average molecular weight is 1150 g/mol. The van der Waals surface area contributed by atoms with Gasteiger partial charge in [0.15, 0.2) is 0 Å². The number of thiol groups is 2.